The smallest absolute Gasteiger partial charge is 0.255 e. The molecule has 0 saturated carbocycles. The van der Waals surface area contributed by atoms with Gasteiger partial charge >= 0.3 is 0 Å². The van der Waals surface area contributed by atoms with Crippen molar-refractivity contribution < 1.29 is 9.18 Å². The molecule has 1 amide bonds. The number of hydrogen-bond acceptors (Lipinski definition) is 3. The monoisotopic (exact) mass is 318 g/mol. The van der Waals surface area contributed by atoms with Crippen LogP contribution < -0.4 is 4.90 Å². The first-order chi connectivity index (χ1) is 10.6. The molecule has 116 valence electrons. The molecule has 1 aromatic carbocycles. The molecule has 5 heteroatoms. The summed E-state index contributed by atoms with van der Waals surface area (Å²) in [7, 11) is 0. The summed E-state index contributed by atoms with van der Waals surface area (Å²) in [5.41, 5.74) is 2.93. The Hall–Kier alpha value is -1.88. The maximum absolute atomic E-state index is 13.0. The van der Waals surface area contributed by atoms with Gasteiger partial charge in [0.25, 0.3) is 5.91 Å². The number of aryl methyl sites for hydroxylation is 1. The molecule has 0 atom stereocenters. The van der Waals surface area contributed by atoms with Crippen molar-refractivity contribution in [1.29, 1.82) is 0 Å². The second kappa shape index (κ2) is 6.08. The summed E-state index contributed by atoms with van der Waals surface area (Å²) >= 11 is 1.63. The van der Waals surface area contributed by atoms with Crippen LogP contribution in [0.15, 0.2) is 29.6 Å². The lowest BCUT2D eigenvalue weighted by Crippen LogP contribution is -2.48. The lowest BCUT2D eigenvalue weighted by Gasteiger charge is -2.36. The maximum atomic E-state index is 13.0. The molecule has 0 N–H and O–H groups in total. The normalized spacial score (nSPS) is 15.2. The number of nitrogens with zero attached hydrogens (tertiary/aromatic N) is 2. The first-order valence-electron chi connectivity index (χ1n) is 7.41. The minimum Gasteiger partial charge on any atom is -0.368 e. The highest BCUT2D eigenvalue weighted by Gasteiger charge is 2.24. The van der Waals surface area contributed by atoms with Gasteiger partial charge in [0, 0.05) is 42.1 Å². The highest BCUT2D eigenvalue weighted by atomic mass is 32.1. The largest absolute Gasteiger partial charge is 0.368 e. The number of carbonyl (C=O) groups is 1. The Balaban J connectivity index is 1.65. The summed E-state index contributed by atoms with van der Waals surface area (Å²) in [6.07, 6.45) is 0. The van der Waals surface area contributed by atoms with E-state index in [2.05, 4.69) is 4.90 Å². The molecule has 0 spiro atoms. The van der Waals surface area contributed by atoms with Crippen LogP contribution in [0.25, 0.3) is 0 Å². The third kappa shape index (κ3) is 2.86. The van der Waals surface area contributed by atoms with E-state index in [1.165, 1.54) is 17.0 Å². The Bertz CT molecular complexity index is 672. The second-order valence-electron chi connectivity index (χ2n) is 5.59. The van der Waals surface area contributed by atoms with Gasteiger partial charge in [-0.1, -0.05) is 0 Å². The van der Waals surface area contributed by atoms with Crippen molar-refractivity contribution in [2.45, 2.75) is 13.8 Å². The van der Waals surface area contributed by atoms with Crippen LogP contribution in [-0.4, -0.2) is 37.0 Å². The van der Waals surface area contributed by atoms with Gasteiger partial charge in [-0.25, -0.2) is 4.39 Å². The van der Waals surface area contributed by atoms with Crippen molar-refractivity contribution in [2.24, 2.45) is 0 Å². The van der Waals surface area contributed by atoms with Crippen LogP contribution in [0, 0.1) is 19.7 Å². The first kappa shape index (κ1) is 15.0. The van der Waals surface area contributed by atoms with Crippen LogP contribution in [0.1, 0.15) is 20.8 Å². The van der Waals surface area contributed by atoms with Gasteiger partial charge in [0.15, 0.2) is 0 Å². The number of halogens is 1. The molecule has 3 nitrogen and oxygen atoms in total. The molecule has 1 saturated heterocycles. The molecule has 1 fully saturated rings. The fourth-order valence-corrected chi connectivity index (χ4v) is 3.57. The maximum Gasteiger partial charge on any atom is 0.255 e. The zero-order valence-corrected chi connectivity index (χ0v) is 13.6. The summed E-state index contributed by atoms with van der Waals surface area (Å²) in [4.78, 5) is 17.9. The van der Waals surface area contributed by atoms with Crippen LogP contribution in [0.5, 0.6) is 0 Å². The summed E-state index contributed by atoms with van der Waals surface area (Å²) in [5, 5.41) is 1.96. The van der Waals surface area contributed by atoms with Gasteiger partial charge in [-0.05, 0) is 43.7 Å². The number of rotatable bonds is 2. The molecule has 1 aliphatic rings. The topological polar surface area (TPSA) is 23.6 Å². The Labute approximate surface area is 134 Å². The van der Waals surface area contributed by atoms with Crippen molar-refractivity contribution in [1.82, 2.24) is 4.90 Å². The van der Waals surface area contributed by atoms with E-state index < -0.39 is 0 Å². The number of carbonyl (C=O) groups excluding carboxylic acids is 1. The van der Waals surface area contributed by atoms with Crippen LogP contribution >= 0.6 is 11.3 Å². The lowest BCUT2D eigenvalue weighted by atomic mass is 10.1. The number of benzene rings is 1. The van der Waals surface area contributed by atoms with Gasteiger partial charge in [-0.15, -0.1) is 11.3 Å². The Morgan fingerprint density at radius 1 is 1.09 bits per heavy atom. The van der Waals surface area contributed by atoms with Gasteiger partial charge in [0.05, 0.1) is 5.56 Å². The van der Waals surface area contributed by atoms with Crippen LogP contribution in [0.3, 0.4) is 0 Å². The van der Waals surface area contributed by atoms with Gasteiger partial charge in [-0.3, -0.25) is 4.79 Å². The fraction of sp³-hybridized carbons (Fsp3) is 0.353. The third-order valence-corrected chi connectivity index (χ3v) is 5.29. The van der Waals surface area contributed by atoms with Crippen molar-refractivity contribution in [3.05, 3.63) is 51.5 Å². The zero-order chi connectivity index (χ0) is 15.7. The van der Waals surface area contributed by atoms with Crippen molar-refractivity contribution >= 4 is 22.9 Å². The molecule has 1 aromatic heterocycles. The molecular formula is C17H19FN2OS. The van der Waals surface area contributed by atoms with Crippen LogP contribution in [0.2, 0.25) is 0 Å². The predicted molar refractivity (Wildman–Crippen MR) is 88.3 cm³/mol. The highest BCUT2D eigenvalue weighted by Crippen LogP contribution is 2.23. The number of anilines is 1. The van der Waals surface area contributed by atoms with E-state index in [0.717, 1.165) is 29.9 Å². The second-order valence-corrected chi connectivity index (χ2v) is 6.67. The summed E-state index contributed by atoms with van der Waals surface area (Å²) in [5.74, 6) is -0.0959. The molecule has 0 unspecified atom stereocenters. The SMILES string of the molecule is Cc1scc(C(=O)N2CCN(c3ccc(F)cc3)CC2)c1C. The number of hydrogen-bond donors (Lipinski definition) is 0. The molecule has 1 aliphatic heterocycles. The summed E-state index contributed by atoms with van der Waals surface area (Å²) in [6, 6.07) is 6.53. The fourth-order valence-electron chi connectivity index (χ4n) is 2.71. The first-order valence-corrected chi connectivity index (χ1v) is 8.28. The average Bonchev–Trinajstić information content (AvgIpc) is 2.87. The highest BCUT2D eigenvalue weighted by molar-refractivity contribution is 7.10. The number of thiophene rings is 1. The molecule has 3 rings (SSSR count). The minimum atomic E-state index is -0.221. The molecule has 0 radical (unpaired) electrons. The van der Waals surface area contributed by atoms with E-state index in [-0.39, 0.29) is 11.7 Å². The van der Waals surface area contributed by atoms with E-state index in [1.807, 2.05) is 24.1 Å². The summed E-state index contributed by atoms with van der Waals surface area (Å²) < 4.78 is 13.0. The summed E-state index contributed by atoms with van der Waals surface area (Å²) in [6.45, 7) is 7.01. The van der Waals surface area contributed by atoms with Crippen LogP contribution in [-0.2, 0) is 0 Å². The molecule has 2 aromatic rings. The number of piperazine rings is 1. The van der Waals surface area contributed by atoms with E-state index in [1.54, 1.807) is 23.5 Å². The Morgan fingerprint density at radius 2 is 1.73 bits per heavy atom. The van der Waals surface area contributed by atoms with E-state index >= 15 is 0 Å². The molecular weight excluding hydrogens is 299 g/mol. The predicted octanol–water partition coefficient (Wildman–Crippen LogP) is 3.47. The average molecular weight is 318 g/mol. The van der Waals surface area contributed by atoms with Gasteiger partial charge in [0.1, 0.15) is 5.82 Å². The lowest BCUT2D eigenvalue weighted by molar-refractivity contribution is 0.0746. The Kier molecular flexibility index (Phi) is 4.16. The van der Waals surface area contributed by atoms with Crippen molar-refractivity contribution in [3.63, 3.8) is 0 Å². The van der Waals surface area contributed by atoms with Crippen molar-refractivity contribution in [2.75, 3.05) is 31.1 Å². The minimum absolute atomic E-state index is 0.126. The third-order valence-electron chi connectivity index (χ3n) is 4.27. The van der Waals surface area contributed by atoms with E-state index in [4.69, 9.17) is 0 Å². The van der Waals surface area contributed by atoms with E-state index in [9.17, 15) is 9.18 Å². The molecule has 22 heavy (non-hydrogen) atoms. The molecule has 0 bridgehead atoms. The quantitative estimate of drug-likeness (QED) is 0.846. The number of amides is 1. The van der Waals surface area contributed by atoms with E-state index in [0.29, 0.717) is 13.1 Å². The van der Waals surface area contributed by atoms with Gasteiger partial charge < -0.3 is 9.80 Å². The molecule has 0 aliphatic carbocycles. The van der Waals surface area contributed by atoms with Crippen molar-refractivity contribution in [3.8, 4) is 0 Å². The van der Waals surface area contributed by atoms with Crippen LogP contribution in [0.4, 0.5) is 10.1 Å². The van der Waals surface area contributed by atoms with Gasteiger partial charge in [-0.2, -0.15) is 0 Å². The molecule has 2 heterocycles. The standard InChI is InChI=1S/C17H19FN2OS/c1-12-13(2)22-11-16(12)17(21)20-9-7-19(8-10-20)15-5-3-14(18)4-6-15/h3-6,11H,7-10H2,1-2H3. The van der Waals surface area contributed by atoms with Gasteiger partial charge in [0.2, 0.25) is 0 Å². The zero-order valence-electron chi connectivity index (χ0n) is 12.8. The Morgan fingerprint density at radius 3 is 2.27 bits per heavy atom.